The zero-order chi connectivity index (χ0) is 23.9. The molecule has 33 heavy (non-hydrogen) atoms. The zero-order valence-corrected chi connectivity index (χ0v) is 19.3. The summed E-state index contributed by atoms with van der Waals surface area (Å²) in [6.45, 7) is 5.94. The Morgan fingerprint density at radius 3 is 2.33 bits per heavy atom. The molecule has 3 aromatic rings. The highest BCUT2D eigenvalue weighted by Gasteiger charge is 2.33. The van der Waals surface area contributed by atoms with E-state index in [0.29, 0.717) is 0 Å². The molecule has 0 atom stereocenters. The van der Waals surface area contributed by atoms with Crippen LogP contribution < -0.4 is 10.5 Å². The largest absolute Gasteiger partial charge is 0.329 e. The maximum atomic E-state index is 12.9. The molecule has 0 unspecified atom stereocenters. The fourth-order valence-corrected chi connectivity index (χ4v) is 4.50. The van der Waals surface area contributed by atoms with E-state index < -0.39 is 16.1 Å². The predicted octanol–water partition coefficient (Wildman–Crippen LogP) is 3.14. The molecule has 3 amide bonds. The van der Waals surface area contributed by atoms with Gasteiger partial charge in [-0.25, -0.2) is 18.4 Å². The van der Waals surface area contributed by atoms with E-state index in [1.54, 1.807) is 18.2 Å². The van der Waals surface area contributed by atoms with Gasteiger partial charge in [-0.1, -0.05) is 29.8 Å². The van der Waals surface area contributed by atoms with Crippen molar-refractivity contribution in [2.24, 2.45) is 5.14 Å². The normalized spacial score (nSPS) is 15.4. The summed E-state index contributed by atoms with van der Waals surface area (Å²) in [5.74, 6) is -0.385. The van der Waals surface area contributed by atoms with E-state index in [0.717, 1.165) is 33.8 Å². The number of carbonyl (C=O) groups is 2. The third kappa shape index (κ3) is 4.46. The second kappa shape index (κ2) is 8.34. The highest BCUT2D eigenvalue weighted by atomic mass is 32.2. The first-order valence-electron chi connectivity index (χ1n) is 10.3. The Labute approximate surface area is 192 Å². The number of rotatable bonds is 5. The molecule has 1 saturated heterocycles. The van der Waals surface area contributed by atoms with Gasteiger partial charge < -0.3 is 9.88 Å². The van der Waals surface area contributed by atoms with E-state index in [1.165, 1.54) is 17.0 Å². The van der Waals surface area contributed by atoms with E-state index in [2.05, 4.69) is 5.32 Å². The lowest BCUT2D eigenvalue weighted by molar-refractivity contribution is -0.123. The first-order valence-corrected chi connectivity index (χ1v) is 11.8. The Hall–Kier alpha value is -3.69. The molecular formula is C24H24N4O4S. The summed E-state index contributed by atoms with van der Waals surface area (Å²) in [5, 5.41) is 7.85. The second-order valence-electron chi connectivity index (χ2n) is 8.07. The van der Waals surface area contributed by atoms with Crippen LogP contribution in [0, 0.1) is 20.8 Å². The van der Waals surface area contributed by atoms with Crippen molar-refractivity contribution < 1.29 is 18.0 Å². The third-order valence-corrected chi connectivity index (χ3v) is 6.51. The average Bonchev–Trinajstić information content (AvgIpc) is 3.17. The van der Waals surface area contributed by atoms with Gasteiger partial charge in [-0.2, -0.15) is 0 Å². The molecule has 3 N–H and O–H groups in total. The minimum absolute atomic E-state index is 0.0315. The number of primary sulfonamides is 1. The van der Waals surface area contributed by atoms with Crippen molar-refractivity contribution in [2.75, 3.05) is 0 Å². The minimum Gasteiger partial charge on any atom is -0.318 e. The van der Waals surface area contributed by atoms with Crippen LogP contribution in [-0.4, -0.2) is 29.8 Å². The number of urea groups is 1. The molecule has 170 valence electrons. The number of carbonyl (C=O) groups excluding carboxylic acids is 2. The van der Waals surface area contributed by atoms with Crippen molar-refractivity contribution in [1.29, 1.82) is 0 Å². The zero-order valence-electron chi connectivity index (χ0n) is 18.5. The van der Waals surface area contributed by atoms with Gasteiger partial charge in [-0.15, -0.1) is 0 Å². The molecule has 0 saturated carbocycles. The van der Waals surface area contributed by atoms with Gasteiger partial charge >= 0.3 is 6.03 Å². The summed E-state index contributed by atoms with van der Waals surface area (Å²) in [6.07, 6.45) is 1.66. The summed E-state index contributed by atoms with van der Waals surface area (Å²) in [7, 11) is -3.78. The predicted molar refractivity (Wildman–Crippen MR) is 125 cm³/mol. The number of nitrogens with two attached hydrogens (primary N) is 1. The molecule has 4 rings (SSSR count). The molecule has 0 aliphatic carbocycles. The van der Waals surface area contributed by atoms with Gasteiger partial charge in [-0.3, -0.25) is 9.69 Å². The molecule has 0 radical (unpaired) electrons. The number of amides is 3. The first-order chi connectivity index (χ1) is 15.5. The van der Waals surface area contributed by atoms with Crippen molar-refractivity contribution in [1.82, 2.24) is 14.8 Å². The van der Waals surface area contributed by atoms with E-state index >= 15 is 0 Å². The smallest absolute Gasteiger partial charge is 0.318 e. The Balaban J connectivity index is 1.62. The monoisotopic (exact) mass is 464 g/mol. The van der Waals surface area contributed by atoms with E-state index in [-0.39, 0.29) is 23.0 Å². The van der Waals surface area contributed by atoms with Crippen LogP contribution in [-0.2, 0) is 21.4 Å². The number of aryl methyl sites for hydroxylation is 2. The van der Waals surface area contributed by atoms with Crippen molar-refractivity contribution in [2.45, 2.75) is 32.2 Å². The van der Waals surface area contributed by atoms with Crippen LogP contribution in [0.15, 0.2) is 65.2 Å². The summed E-state index contributed by atoms with van der Waals surface area (Å²) in [6, 6.07) is 15.4. The first kappa shape index (κ1) is 22.5. The number of sulfonamides is 1. The Morgan fingerprint density at radius 1 is 1.00 bits per heavy atom. The lowest BCUT2D eigenvalue weighted by Crippen LogP contribution is -2.30. The van der Waals surface area contributed by atoms with Crippen molar-refractivity contribution in [3.05, 3.63) is 88.4 Å². The standard InChI is InChI=1S/C24H24N4O4S/c1-15-5-4-6-18(11-15)14-27-23(29)22(26-24(27)30)13-19-12-16(2)28(17(19)3)20-7-9-21(10-8-20)33(25,31)32/h4-13H,14H2,1-3H3,(H,26,30)(H2,25,31,32). The highest BCUT2D eigenvalue weighted by molar-refractivity contribution is 7.89. The molecule has 1 fully saturated rings. The summed E-state index contributed by atoms with van der Waals surface area (Å²) < 4.78 is 25.0. The maximum Gasteiger partial charge on any atom is 0.329 e. The van der Waals surface area contributed by atoms with Crippen molar-refractivity contribution in [3.8, 4) is 5.69 Å². The fourth-order valence-electron chi connectivity index (χ4n) is 3.98. The Kier molecular flexibility index (Phi) is 5.69. The molecule has 0 spiro atoms. The maximum absolute atomic E-state index is 12.9. The van der Waals surface area contributed by atoms with Crippen LogP contribution >= 0.6 is 0 Å². The Bertz CT molecular complexity index is 1400. The summed E-state index contributed by atoms with van der Waals surface area (Å²) >= 11 is 0. The van der Waals surface area contributed by atoms with Crippen LogP contribution in [0.3, 0.4) is 0 Å². The van der Waals surface area contributed by atoms with Crippen molar-refractivity contribution >= 4 is 28.0 Å². The van der Waals surface area contributed by atoms with E-state index in [4.69, 9.17) is 5.14 Å². The molecule has 1 aliphatic heterocycles. The molecule has 2 heterocycles. The van der Waals surface area contributed by atoms with Crippen LogP contribution in [0.2, 0.25) is 0 Å². The number of aromatic nitrogens is 1. The minimum atomic E-state index is -3.78. The summed E-state index contributed by atoms with van der Waals surface area (Å²) in [5.41, 5.74) is 5.38. The molecular weight excluding hydrogens is 440 g/mol. The lowest BCUT2D eigenvalue weighted by Gasteiger charge is -2.12. The molecule has 8 nitrogen and oxygen atoms in total. The second-order valence-corrected chi connectivity index (χ2v) is 9.63. The Morgan fingerprint density at radius 2 is 1.70 bits per heavy atom. The van der Waals surface area contributed by atoms with E-state index in [1.807, 2.05) is 55.7 Å². The van der Waals surface area contributed by atoms with Crippen molar-refractivity contribution in [3.63, 3.8) is 0 Å². The number of hydrogen-bond acceptors (Lipinski definition) is 4. The number of hydrogen-bond donors (Lipinski definition) is 2. The van der Waals surface area contributed by atoms with E-state index in [9.17, 15) is 18.0 Å². The number of nitrogens with zero attached hydrogens (tertiary/aromatic N) is 2. The van der Waals surface area contributed by atoms with Gasteiger partial charge in [0.2, 0.25) is 10.0 Å². The summed E-state index contributed by atoms with van der Waals surface area (Å²) in [4.78, 5) is 26.6. The van der Waals surface area contributed by atoms with Gasteiger partial charge in [0.15, 0.2) is 0 Å². The topological polar surface area (TPSA) is 114 Å². The number of nitrogens with one attached hydrogen (secondary N) is 1. The third-order valence-electron chi connectivity index (χ3n) is 5.58. The molecule has 1 aliphatic rings. The molecule has 0 bridgehead atoms. The van der Waals surface area contributed by atoms with Gasteiger partial charge in [0.05, 0.1) is 11.4 Å². The van der Waals surface area contributed by atoms with Gasteiger partial charge in [0, 0.05) is 17.1 Å². The fraction of sp³-hybridized carbons (Fsp3) is 0.167. The molecule has 9 heteroatoms. The number of imide groups is 1. The molecule has 1 aromatic heterocycles. The van der Waals surface area contributed by atoms with Crippen LogP contribution in [0.25, 0.3) is 11.8 Å². The van der Waals surface area contributed by atoms with Gasteiger partial charge in [0.1, 0.15) is 5.70 Å². The van der Waals surface area contributed by atoms with Crippen LogP contribution in [0.4, 0.5) is 4.79 Å². The number of benzene rings is 2. The quantitative estimate of drug-likeness (QED) is 0.446. The highest BCUT2D eigenvalue weighted by Crippen LogP contribution is 2.25. The SMILES string of the molecule is Cc1cccc(CN2C(=O)NC(=Cc3cc(C)n(-c4ccc(S(N)(=O)=O)cc4)c3C)C2=O)c1. The van der Waals surface area contributed by atoms with Gasteiger partial charge in [-0.05, 0) is 68.3 Å². The average molecular weight is 465 g/mol. The van der Waals surface area contributed by atoms with Crippen LogP contribution in [0.5, 0.6) is 0 Å². The van der Waals surface area contributed by atoms with Gasteiger partial charge in [0.25, 0.3) is 5.91 Å². The molecule has 2 aromatic carbocycles. The lowest BCUT2D eigenvalue weighted by atomic mass is 10.1. The van der Waals surface area contributed by atoms with Crippen LogP contribution in [0.1, 0.15) is 28.1 Å².